The van der Waals surface area contributed by atoms with Crippen LogP contribution in [0, 0.1) is 5.82 Å². The first kappa shape index (κ1) is 12.7. The Hall–Kier alpha value is -1.74. The van der Waals surface area contributed by atoms with Crippen LogP contribution in [0.15, 0.2) is 48.8 Å². The summed E-state index contributed by atoms with van der Waals surface area (Å²) in [7, 11) is 0. The second-order valence-electron chi connectivity index (χ2n) is 4.41. The van der Waals surface area contributed by atoms with Gasteiger partial charge in [-0.2, -0.15) is 0 Å². The van der Waals surface area contributed by atoms with Crippen molar-refractivity contribution in [2.75, 3.05) is 0 Å². The highest BCUT2D eigenvalue weighted by atomic mass is 19.1. The molecule has 0 saturated heterocycles. The summed E-state index contributed by atoms with van der Waals surface area (Å²) in [5.74, 6) is -0.167. The highest BCUT2D eigenvalue weighted by Crippen LogP contribution is 2.20. The van der Waals surface area contributed by atoms with E-state index < -0.39 is 0 Å². The van der Waals surface area contributed by atoms with Crippen LogP contribution in [0.5, 0.6) is 0 Å². The van der Waals surface area contributed by atoms with Crippen LogP contribution in [0.1, 0.15) is 37.1 Å². The molecule has 1 aromatic heterocycles. The molecule has 2 atom stereocenters. The van der Waals surface area contributed by atoms with Gasteiger partial charge in [0.1, 0.15) is 5.82 Å². The van der Waals surface area contributed by atoms with Gasteiger partial charge in [-0.3, -0.25) is 4.98 Å². The van der Waals surface area contributed by atoms with Crippen LogP contribution in [0.2, 0.25) is 0 Å². The number of benzene rings is 1. The Morgan fingerprint density at radius 1 is 1.00 bits per heavy atom. The molecule has 1 heterocycles. The van der Waals surface area contributed by atoms with E-state index in [0.717, 1.165) is 5.56 Å². The monoisotopic (exact) mass is 244 g/mol. The van der Waals surface area contributed by atoms with Crippen LogP contribution in [-0.2, 0) is 0 Å². The van der Waals surface area contributed by atoms with Crippen molar-refractivity contribution in [2.45, 2.75) is 25.9 Å². The lowest BCUT2D eigenvalue weighted by molar-refractivity contribution is 0.474. The van der Waals surface area contributed by atoms with Crippen molar-refractivity contribution in [3.63, 3.8) is 0 Å². The lowest BCUT2D eigenvalue weighted by atomic mass is 10.0. The summed E-state index contributed by atoms with van der Waals surface area (Å²) in [6.07, 6.45) is 3.53. The van der Waals surface area contributed by atoms with Crippen molar-refractivity contribution >= 4 is 0 Å². The number of rotatable bonds is 4. The van der Waals surface area contributed by atoms with Gasteiger partial charge in [-0.15, -0.1) is 0 Å². The van der Waals surface area contributed by atoms with Crippen molar-refractivity contribution < 1.29 is 4.39 Å². The van der Waals surface area contributed by atoms with Gasteiger partial charge in [0, 0.05) is 30.0 Å². The molecule has 2 rings (SSSR count). The van der Waals surface area contributed by atoms with Crippen LogP contribution < -0.4 is 5.32 Å². The first-order valence-electron chi connectivity index (χ1n) is 6.09. The largest absolute Gasteiger partial charge is 0.304 e. The lowest BCUT2D eigenvalue weighted by Crippen LogP contribution is -2.23. The van der Waals surface area contributed by atoms with Gasteiger partial charge in [-0.1, -0.05) is 18.2 Å². The number of halogens is 1. The minimum Gasteiger partial charge on any atom is -0.304 e. The molecular formula is C15H17FN2. The predicted molar refractivity (Wildman–Crippen MR) is 70.6 cm³/mol. The zero-order valence-corrected chi connectivity index (χ0v) is 10.6. The van der Waals surface area contributed by atoms with E-state index >= 15 is 0 Å². The fourth-order valence-electron chi connectivity index (χ4n) is 2.04. The molecule has 2 nitrogen and oxygen atoms in total. The molecule has 0 bridgehead atoms. The summed E-state index contributed by atoms with van der Waals surface area (Å²) in [4.78, 5) is 3.99. The fourth-order valence-corrected chi connectivity index (χ4v) is 2.04. The third-order valence-electron chi connectivity index (χ3n) is 3.08. The maximum Gasteiger partial charge on any atom is 0.127 e. The number of nitrogens with zero attached hydrogens (tertiary/aromatic N) is 1. The Morgan fingerprint density at radius 2 is 1.67 bits per heavy atom. The third kappa shape index (κ3) is 2.93. The van der Waals surface area contributed by atoms with E-state index in [-0.39, 0.29) is 17.9 Å². The second-order valence-corrected chi connectivity index (χ2v) is 4.41. The first-order valence-corrected chi connectivity index (χ1v) is 6.09. The van der Waals surface area contributed by atoms with Crippen molar-refractivity contribution in [1.29, 1.82) is 0 Å². The summed E-state index contributed by atoms with van der Waals surface area (Å²) < 4.78 is 13.6. The van der Waals surface area contributed by atoms with Crippen molar-refractivity contribution in [1.82, 2.24) is 10.3 Å². The number of hydrogen-bond acceptors (Lipinski definition) is 2. The molecule has 2 unspecified atom stereocenters. The highest BCUT2D eigenvalue weighted by molar-refractivity contribution is 5.22. The number of nitrogens with one attached hydrogen (secondary N) is 1. The Bertz CT molecular complexity index is 499. The molecule has 1 aromatic carbocycles. The van der Waals surface area contributed by atoms with Gasteiger partial charge >= 0.3 is 0 Å². The standard InChI is InChI=1S/C15H17FN2/c1-11(13-7-9-17-10-8-13)18-12(2)14-5-3-4-6-15(14)16/h3-12,18H,1-2H3. The average molecular weight is 244 g/mol. The zero-order valence-electron chi connectivity index (χ0n) is 10.6. The van der Waals surface area contributed by atoms with E-state index in [1.165, 1.54) is 6.07 Å². The SMILES string of the molecule is CC(NC(C)c1ccccc1F)c1ccncc1. The molecule has 0 spiro atoms. The average Bonchev–Trinajstić information content (AvgIpc) is 2.40. The summed E-state index contributed by atoms with van der Waals surface area (Å²) in [5, 5.41) is 3.39. The predicted octanol–water partition coefficient (Wildman–Crippen LogP) is 3.63. The van der Waals surface area contributed by atoms with Crippen LogP contribution in [-0.4, -0.2) is 4.98 Å². The van der Waals surface area contributed by atoms with E-state index in [1.807, 2.05) is 31.2 Å². The van der Waals surface area contributed by atoms with Crippen LogP contribution in [0.4, 0.5) is 4.39 Å². The number of pyridine rings is 1. The fraction of sp³-hybridized carbons (Fsp3) is 0.267. The quantitative estimate of drug-likeness (QED) is 0.888. The molecule has 2 aromatic rings. The Labute approximate surface area is 107 Å². The van der Waals surface area contributed by atoms with Gasteiger partial charge in [0.2, 0.25) is 0 Å². The normalized spacial score (nSPS) is 14.2. The molecular weight excluding hydrogens is 227 g/mol. The summed E-state index contributed by atoms with van der Waals surface area (Å²) in [6, 6.07) is 10.9. The molecule has 0 amide bonds. The van der Waals surface area contributed by atoms with Gasteiger partial charge in [0.05, 0.1) is 0 Å². The van der Waals surface area contributed by atoms with Crippen LogP contribution in [0.3, 0.4) is 0 Å². The van der Waals surface area contributed by atoms with Crippen molar-refractivity contribution in [2.24, 2.45) is 0 Å². The topological polar surface area (TPSA) is 24.9 Å². The van der Waals surface area contributed by atoms with Crippen LogP contribution >= 0.6 is 0 Å². The Balaban J connectivity index is 2.08. The molecule has 0 fully saturated rings. The van der Waals surface area contributed by atoms with Crippen molar-refractivity contribution in [3.8, 4) is 0 Å². The third-order valence-corrected chi connectivity index (χ3v) is 3.08. The second kappa shape index (κ2) is 5.74. The maximum absolute atomic E-state index is 13.6. The molecule has 1 N–H and O–H groups in total. The molecule has 94 valence electrons. The Morgan fingerprint density at radius 3 is 2.33 bits per heavy atom. The zero-order chi connectivity index (χ0) is 13.0. The first-order chi connectivity index (χ1) is 8.68. The number of hydrogen-bond donors (Lipinski definition) is 1. The van der Waals surface area contributed by atoms with E-state index in [1.54, 1.807) is 18.5 Å². The maximum atomic E-state index is 13.6. The van der Waals surface area contributed by atoms with Gasteiger partial charge < -0.3 is 5.32 Å². The smallest absolute Gasteiger partial charge is 0.127 e. The molecule has 3 heteroatoms. The van der Waals surface area contributed by atoms with E-state index in [0.29, 0.717) is 5.56 Å². The molecule has 0 aliphatic heterocycles. The summed E-state index contributed by atoms with van der Waals surface area (Å²) >= 11 is 0. The molecule has 0 radical (unpaired) electrons. The summed E-state index contributed by atoms with van der Waals surface area (Å²) in [6.45, 7) is 4.03. The van der Waals surface area contributed by atoms with Gasteiger partial charge in [0.15, 0.2) is 0 Å². The van der Waals surface area contributed by atoms with Gasteiger partial charge in [-0.25, -0.2) is 4.39 Å². The van der Waals surface area contributed by atoms with Crippen LogP contribution in [0.25, 0.3) is 0 Å². The Kier molecular flexibility index (Phi) is 4.05. The molecule has 0 aliphatic carbocycles. The molecule has 0 saturated carbocycles. The minimum absolute atomic E-state index is 0.0330. The molecule has 18 heavy (non-hydrogen) atoms. The van der Waals surface area contributed by atoms with Crippen molar-refractivity contribution in [3.05, 3.63) is 65.7 Å². The highest BCUT2D eigenvalue weighted by Gasteiger charge is 2.13. The molecule has 0 aliphatic rings. The lowest BCUT2D eigenvalue weighted by Gasteiger charge is -2.21. The van der Waals surface area contributed by atoms with E-state index in [4.69, 9.17) is 0 Å². The van der Waals surface area contributed by atoms with E-state index in [2.05, 4.69) is 17.2 Å². The minimum atomic E-state index is -0.167. The number of aromatic nitrogens is 1. The van der Waals surface area contributed by atoms with E-state index in [9.17, 15) is 4.39 Å². The van der Waals surface area contributed by atoms with Gasteiger partial charge in [-0.05, 0) is 37.6 Å². The van der Waals surface area contributed by atoms with Gasteiger partial charge in [0.25, 0.3) is 0 Å². The summed E-state index contributed by atoms with van der Waals surface area (Å²) in [5.41, 5.74) is 1.84.